The minimum absolute atomic E-state index is 0. The molecule has 0 spiro atoms. The SMILES string of the molecule is CC(C)CC1=Cc2c(ccc(C(C)(C)C)c2-c2ccccc2C(C)C)[CH]1[Zr+2]1[c]2cccc3c2[SiH]1c1ccccc1-3.[Cl-].[Cl-]. The van der Waals surface area contributed by atoms with Gasteiger partial charge >= 0.3 is 251 Å². The number of allylic oxidation sites excluding steroid dienone is 1. The van der Waals surface area contributed by atoms with Crippen LogP contribution in [0.5, 0.6) is 0 Å². The second kappa shape index (κ2) is 11.7. The number of rotatable bonds is 5. The third-order valence-corrected chi connectivity index (χ3v) is 31.8. The molecule has 4 aromatic rings. The fraction of sp³-hybridized carbons (Fsp3) is 0.316. The van der Waals surface area contributed by atoms with Crippen molar-refractivity contribution in [1.82, 2.24) is 0 Å². The summed E-state index contributed by atoms with van der Waals surface area (Å²) in [6.07, 6.45) is 3.92. The molecule has 0 N–H and O–H groups in total. The Morgan fingerprint density at radius 2 is 1.43 bits per heavy atom. The van der Waals surface area contributed by atoms with E-state index < -0.39 is 26.8 Å². The smallest absolute Gasteiger partial charge is 1.00 e. The summed E-state index contributed by atoms with van der Waals surface area (Å²) in [5, 5.41) is 3.59. The first kappa shape index (κ1) is 31.7. The van der Waals surface area contributed by atoms with Crippen molar-refractivity contribution < 1.29 is 45.7 Å². The van der Waals surface area contributed by atoms with Crippen LogP contribution in [0.25, 0.3) is 28.3 Å². The molecule has 2 aliphatic heterocycles. The van der Waals surface area contributed by atoms with Crippen LogP contribution in [0.2, 0.25) is 0 Å². The van der Waals surface area contributed by atoms with Crippen LogP contribution in [-0.2, 0) is 26.3 Å². The van der Waals surface area contributed by atoms with Gasteiger partial charge in [-0.25, -0.2) is 0 Å². The van der Waals surface area contributed by atoms with Crippen molar-refractivity contribution >= 4 is 25.6 Å². The van der Waals surface area contributed by atoms with Gasteiger partial charge in [0.15, 0.2) is 0 Å². The maximum atomic E-state index is 2.70. The largest absolute Gasteiger partial charge is 1.00 e. The second-order valence-electron chi connectivity index (χ2n) is 14.0. The molecule has 0 saturated heterocycles. The molecule has 0 aromatic heterocycles. The van der Waals surface area contributed by atoms with Crippen molar-refractivity contribution in [1.29, 1.82) is 0 Å². The van der Waals surface area contributed by atoms with E-state index in [1.165, 1.54) is 28.7 Å². The van der Waals surface area contributed by atoms with Gasteiger partial charge < -0.3 is 24.8 Å². The average molecular weight is 688 g/mol. The first-order valence-corrected chi connectivity index (χ1v) is 23.9. The van der Waals surface area contributed by atoms with E-state index in [0.717, 1.165) is 0 Å². The molecule has 0 saturated carbocycles. The zero-order valence-electron chi connectivity index (χ0n) is 25.9. The molecule has 0 nitrogen and oxygen atoms in total. The normalized spacial score (nSPS) is 17.6. The molecule has 3 aliphatic rings. The van der Waals surface area contributed by atoms with Gasteiger partial charge in [0.25, 0.3) is 0 Å². The molecular weight excluding hydrogens is 647 g/mol. The van der Waals surface area contributed by atoms with Gasteiger partial charge in [0.1, 0.15) is 0 Å². The summed E-state index contributed by atoms with van der Waals surface area (Å²) >= 11 is -2.02. The fourth-order valence-corrected chi connectivity index (χ4v) is 34.0. The molecule has 0 bridgehead atoms. The standard InChI is InChI=1S/C26H33.C12H8Si.2ClH.Zr/c1-17(2)14-19-15-20-12-13-24(26(5,6)7)25(23(20)16-19)22-11-9-8-10-21(22)18(3)4;1-3-7-11-9(5-1)10-6-2-4-8-12(10)13-11;;;/h8-13,15-18H,14H2,1-7H3;1-7,13H;2*1H;/q;;;;+2/p-2. The number of hydrogen-bond donors (Lipinski definition) is 0. The zero-order valence-corrected chi connectivity index (χ0v) is 31.0. The van der Waals surface area contributed by atoms with E-state index in [1.807, 2.05) is 8.46 Å². The minimum Gasteiger partial charge on any atom is -1.00 e. The van der Waals surface area contributed by atoms with E-state index >= 15 is 0 Å². The Labute approximate surface area is 274 Å². The molecule has 0 radical (unpaired) electrons. The molecule has 7 rings (SSSR count). The number of hydrogen-bond acceptors (Lipinski definition) is 0. The summed E-state index contributed by atoms with van der Waals surface area (Å²) in [6, 6.07) is 31.1. The summed E-state index contributed by atoms with van der Waals surface area (Å²) in [6.45, 7) is 16.7. The van der Waals surface area contributed by atoms with Gasteiger partial charge in [-0.2, -0.15) is 0 Å². The molecular formula is C38H41Cl2SiZr. The van der Waals surface area contributed by atoms with Crippen molar-refractivity contribution in [3.8, 4) is 22.3 Å². The Balaban J connectivity index is 0.00000176. The first-order chi connectivity index (χ1) is 19.2. The topological polar surface area (TPSA) is 0 Å². The summed E-state index contributed by atoms with van der Waals surface area (Å²) in [5.74, 6) is 0.0656. The Morgan fingerprint density at radius 1 is 0.762 bits per heavy atom. The van der Waals surface area contributed by atoms with Crippen LogP contribution in [0.15, 0.2) is 84.4 Å². The van der Waals surface area contributed by atoms with Crippen LogP contribution in [0, 0.1) is 5.92 Å². The molecule has 4 aromatic carbocycles. The summed E-state index contributed by atoms with van der Waals surface area (Å²) in [5.41, 5.74) is 14.1. The predicted octanol–water partition coefficient (Wildman–Crippen LogP) is 2.04. The van der Waals surface area contributed by atoms with E-state index in [-0.39, 0.29) is 30.2 Å². The fourth-order valence-electron chi connectivity index (χ4n) is 7.91. The van der Waals surface area contributed by atoms with Crippen LogP contribution in [0.4, 0.5) is 0 Å². The van der Waals surface area contributed by atoms with E-state index in [2.05, 4.69) is 133 Å². The Hall–Kier alpha value is -1.70. The Morgan fingerprint density at radius 3 is 2.12 bits per heavy atom. The quantitative estimate of drug-likeness (QED) is 0.282. The molecule has 42 heavy (non-hydrogen) atoms. The molecule has 2 heterocycles. The number of fused-ring (bicyclic) bond motifs is 4. The van der Waals surface area contributed by atoms with Crippen LogP contribution in [0.3, 0.4) is 0 Å². The van der Waals surface area contributed by atoms with Gasteiger partial charge in [0.2, 0.25) is 0 Å². The maximum absolute atomic E-state index is 2.70. The second-order valence-corrected chi connectivity index (χ2v) is 29.0. The van der Waals surface area contributed by atoms with Crippen molar-refractivity contribution in [3.63, 3.8) is 0 Å². The molecule has 0 fully saturated rings. The third-order valence-electron chi connectivity index (χ3n) is 9.48. The van der Waals surface area contributed by atoms with E-state index in [4.69, 9.17) is 0 Å². The molecule has 0 amide bonds. The van der Waals surface area contributed by atoms with Gasteiger partial charge in [-0.3, -0.25) is 0 Å². The van der Waals surface area contributed by atoms with Gasteiger partial charge in [-0.1, -0.05) is 0 Å². The summed E-state index contributed by atoms with van der Waals surface area (Å²) < 4.78 is 2.52. The number of halogens is 2. The van der Waals surface area contributed by atoms with Crippen LogP contribution in [0.1, 0.15) is 86.7 Å². The van der Waals surface area contributed by atoms with Gasteiger partial charge in [0, 0.05) is 0 Å². The maximum Gasteiger partial charge on any atom is -1.00 e. The van der Waals surface area contributed by atoms with E-state index in [0.29, 0.717) is 15.5 Å². The van der Waals surface area contributed by atoms with Crippen molar-refractivity contribution in [2.75, 3.05) is 0 Å². The van der Waals surface area contributed by atoms with Crippen molar-refractivity contribution in [3.05, 3.63) is 107 Å². The zero-order chi connectivity index (χ0) is 27.9. The molecule has 215 valence electrons. The molecule has 2 unspecified atom stereocenters. The third kappa shape index (κ3) is 4.81. The van der Waals surface area contributed by atoms with Crippen LogP contribution in [-0.4, -0.2) is 5.92 Å². The van der Waals surface area contributed by atoms with Crippen LogP contribution < -0.4 is 38.5 Å². The van der Waals surface area contributed by atoms with E-state index in [1.54, 1.807) is 33.0 Å². The first-order valence-electron chi connectivity index (χ1n) is 15.2. The Bertz CT molecular complexity index is 1690. The summed E-state index contributed by atoms with van der Waals surface area (Å²) in [7, 11) is 0. The monoisotopic (exact) mass is 685 g/mol. The Kier molecular flexibility index (Phi) is 8.81. The van der Waals surface area contributed by atoms with Gasteiger partial charge in [-0.05, 0) is 0 Å². The summed E-state index contributed by atoms with van der Waals surface area (Å²) in [4.78, 5) is 0. The van der Waals surface area contributed by atoms with Gasteiger partial charge in [-0.15, -0.1) is 0 Å². The van der Waals surface area contributed by atoms with Crippen molar-refractivity contribution in [2.45, 2.75) is 69.8 Å². The predicted molar refractivity (Wildman–Crippen MR) is 173 cm³/mol. The molecule has 4 heteroatoms. The van der Waals surface area contributed by atoms with Gasteiger partial charge in [0.05, 0.1) is 0 Å². The number of benzene rings is 4. The molecule has 2 atom stereocenters. The average Bonchev–Trinajstić information content (AvgIpc) is 3.41. The van der Waals surface area contributed by atoms with E-state index in [9.17, 15) is 0 Å². The minimum atomic E-state index is -2.02. The van der Waals surface area contributed by atoms with Crippen molar-refractivity contribution in [2.24, 2.45) is 5.92 Å². The molecule has 1 aliphatic carbocycles. The van der Waals surface area contributed by atoms with Crippen LogP contribution >= 0.6 is 0 Å².